The number of aromatic nitrogens is 2. The fourth-order valence-electron chi connectivity index (χ4n) is 1.76. The summed E-state index contributed by atoms with van der Waals surface area (Å²) in [5.74, 6) is -0.311. The lowest BCUT2D eigenvalue weighted by Gasteiger charge is -2.11. The SMILES string of the molecule is CS(=O)(=O)Cc1ccccc1Nc1nc(Cl)ncc1[N+](=O)[O-]. The van der Waals surface area contributed by atoms with Crippen LogP contribution in [0.1, 0.15) is 5.56 Å². The van der Waals surface area contributed by atoms with E-state index in [1.54, 1.807) is 24.3 Å². The molecule has 116 valence electrons. The molecule has 0 bridgehead atoms. The highest BCUT2D eigenvalue weighted by Crippen LogP contribution is 2.28. The van der Waals surface area contributed by atoms with Crippen molar-refractivity contribution in [2.45, 2.75) is 5.75 Å². The van der Waals surface area contributed by atoms with Crippen molar-refractivity contribution in [3.8, 4) is 0 Å². The molecule has 22 heavy (non-hydrogen) atoms. The topological polar surface area (TPSA) is 115 Å². The number of hydrogen-bond acceptors (Lipinski definition) is 7. The van der Waals surface area contributed by atoms with Crippen LogP contribution in [0.5, 0.6) is 0 Å². The minimum atomic E-state index is -3.26. The van der Waals surface area contributed by atoms with Gasteiger partial charge in [0.1, 0.15) is 6.20 Å². The van der Waals surface area contributed by atoms with Gasteiger partial charge in [0.25, 0.3) is 0 Å². The summed E-state index contributed by atoms with van der Waals surface area (Å²) in [6.45, 7) is 0. The second kappa shape index (κ2) is 6.24. The molecule has 2 rings (SSSR count). The zero-order valence-electron chi connectivity index (χ0n) is 11.4. The molecule has 0 fully saturated rings. The molecule has 0 aliphatic carbocycles. The van der Waals surface area contributed by atoms with Crippen LogP contribution in [0.2, 0.25) is 5.28 Å². The molecule has 8 nitrogen and oxygen atoms in total. The lowest BCUT2D eigenvalue weighted by molar-refractivity contribution is -0.384. The average molecular weight is 343 g/mol. The normalized spacial score (nSPS) is 11.2. The number of nitrogens with zero attached hydrogens (tertiary/aromatic N) is 3. The van der Waals surface area contributed by atoms with E-state index in [9.17, 15) is 18.5 Å². The van der Waals surface area contributed by atoms with Gasteiger partial charge in [0.05, 0.1) is 10.7 Å². The average Bonchev–Trinajstić information content (AvgIpc) is 2.39. The number of rotatable bonds is 5. The molecule has 10 heteroatoms. The molecule has 1 heterocycles. The highest BCUT2D eigenvalue weighted by Gasteiger charge is 2.18. The predicted molar refractivity (Wildman–Crippen MR) is 82.0 cm³/mol. The van der Waals surface area contributed by atoms with Gasteiger partial charge in [0.2, 0.25) is 11.1 Å². The van der Waals surface area contributed by atoms with Gasteiger partial charge in [-0.3, -0.25) is 10.1 Å². The summed E-state index contributed by atoms with van der Waals surface area (Å²) in [6, 6.07) is 6.55. The van der Waals surface area contributed by atoms with E-state index >= 15 is 0 Å². The maximum Gasteiger partial charge on any atom is 0.329 e. The maximum atomic E-state index is 11.5. The third kappa shape index (κ3) is 4.12. The Hall–Kier alpha value is -2.26. The molecular weight excluding hydrogens is 332 g/mol. The number of para-hydroxylation sites is 1. The number of sulfone groups is 1. The summed E-state index contributed by atoms with van der Waals surface area (Å²) in [4.78, 5) is 17.7. The van der Waals surface area contributed by atoms with E-state index in [-0.39, 0.29) is 22.5 Å². The largest absolute Gasteiger partial charge is 0.334 e. The Morgan fingerprint density at radius 3 is 2.68 bits per heavy atom. The third-order valence-corrected chi connectivity index (χ3v) is 3.64. The Morgan fingerprint density at radius 1 is 1.36 bits per heavy atom. The van der Waals surface area contributed by atoms with Crippen molar-refractivity contribution in [1.82, 2.24) is 9.97 Å². The van der Waals surface area contributed by atoms with Gasteiger partial charge in [-0.25, -0.2) is 13.4 Å². The van der Waals surface area contributed by atoms with Crippen molar-refractivity contribution >= 4 is 38.6 Å². The van der Waals surface area contributed by atoms with Crippen molar-refractivity contribution < 1.29 is 13.3 Å². The Labute approximate surface area is 131 Å². The molecule has 1 aromatic carbocycles. The number of halogens is 1. The predicted octanol–water partition coefficient (Wildman–Crippen LogP) is 2.33. The fourth-order valence-corrected chi connectivity index (χ4v) is 2.71. The molecular formula is C12H11ClN4O4S. The molecule has 0 unspecified atom stereocenters. The first-order chi connectivity index (χ1) is 10.3. The smallest absolute Gasteiger partial charge is 0.329 e. The number of benzene rings is 1. The van der Waals surface area contributed by atoms with Crippen LogP contribution in [-0.2, 0) is 15.6 Å². The highest BCUT2D eigenvalue weighted by molar-refractivity contribution is 7.89. The van der Waals surface area contributed by atoms with Crippen LogP contribution in [0.3, 0.4) is 0 Å². The van der Waals surface area contributed by atoms with Crippen molar-refractivity contribution in [2.24, 2.45) is 0 Å². The van der Waals surface area contributed by atoms with Gasteiger partial charge in [-0.05, 0) is 23.2 Å². The van der Waals surface area contributed by atoms with Gasteiger partial charge in [0, 0.05) is 11.9 Å². The molecule has 0 atom stereocenters. The van der Waals surface area contributed by atoms with Crippen molar-refractivity contribution in [3.05, 3.63) is 51.4 Å². The van der Waals surface area contributed by atoms with Crippen molar-refractivity contribution in [2.75, 3.05) is 11.6 Å². The van der Waals surface area contributed by atoms with E-state index < -0.39 is 14.8 Å². The summed E-state index contributed by atoms with van der Waals surface area (Å²) in [6.07, 6.45) is 2.09. The van der Waals surface area contributed by atoms with E-state index in [1.165, 1.54) is 0 Å². The van der Waals surface area contributed by atoms with Crippen molar-refractivity contribution in [1.29, 1.82) is 0 Å². The molecule has 0 saturated carbocycles. The summed E-state index contributed by atoms with van der Waals surface area (Å²) in [7, 11) is -3.26. The number of anilines is 2. The van der Waals surface area contributed by atoms with Gasteiger partial charge in [-0.2, -0.15) is 4.98 Å². The summed E-state index contributed by atoms with van der Waals surface area (Å²) >= 11 is 5.65. The van der Waals surface area contributed by atoms with Gasteiger partial charge < -0.3 is 5.32 Å². The fraction of sp³-hybridized carbons (Fsp3) is 0.167. The first-order valence-electron chi connectivity index (χ1n) is 5.96. The minimum Gasteiger partial charge on any atom is -0.334 e. The monoisotopic (exact) mass is 342 g/mol. The van der Waals surface area contributed by atoms with E-state index in [4.69, 9.17) is 11.6 Å². The zero-order chi connectivity index (χ0) is 16.3. The van der Waals surface area contributed by atoms with Crippen LogP contribution in [0, 0.1) is 10.1 Å². The van der Waals surface area contributed by atoms with Crippen LogP contribution >= 0.6 is 11.6 Å². The van der Waals surface area contributed by atoms with E-state index in [1.807, 2.05) is 0 Å². The first-order valence-corrected chi connectivity index (χ1v) is 8.40. The number of nitro groups is 1. The second-order valence-electron chi connectivity index (χ2n) is 4.48. The van der Waals surface area contributed by atoms with Gasteiger partial charge in [0.15, 0.2) is 9.84 Å². The van der Waals surface area contributed by atoms with Gasteiger partial charge in [-0.1, -0.05) is 18.2 Å². The van der Waals surface area contributed by atoms with Crippen LogP contribution in [-0.4, -0.2) is 29.6 Å². The molecule has 0 radical (unpaired) electrons. The summed E-state index contributed by atoms with van der Waals surface area (Å²) < 4.78 is 22.9. The Morgan fingerprint density at radius 2 is 2.05 bits per heavy atom. The number of hydrogen-bond donors (Lipinski definition) is 1. The number of nitrogens with one attached hydrogen (secondary N) is 1. The van der Waals surface area contributed by atoms with Gasteiger partial charge >= 0.3 is 5.69 Å². The van der Waals surface area contributed by atoms with Crippen LogP contribution < -0.4 is 5.32 Å². The molecule has 0 aliphatic rings. The molecule has 0 saturated heterocycles. The molecule has 0 spiro atoms. The lowest BCUT2D eigenvalue weighted by Crippen LogP contribution is -2.06. The molecule has 1 N–H and O–H groups in total. The van der Waals surface area contributed by atoms with Crippen LogP contribution in [0.15, 0.2) is 30.5 Å². The first kappa shape index (κ1) is 16.1. The standard InChI is InChI=1S/C12H11ClN4O4S/c1-22(20,21)7-8-4-2-3-5-9(8)15-11-10(17(18)19)6-14-12(13)16-11/h2-6H,7H2,1H3,(H,14,15,16). The van der Waals surface area contributed by atoms with E-state index in [0.717, 1.165) is 12.5 Å². The summed E-state index contributed by atoms with van der Waals surface area (Å²) in [5.41, 5.74) is 0.499. The Bertz CT molecular complexity index is 826. The lowest BCUT2D eigenvalue weighted by atomic mass is 10.2. The molecule has 1 aromatic heterocycles. The third-order valence-electron chi connectivity index (χ3n) is 2.62. The van der Waals surface area contributed by atoms with Crippen LogP contribution in [0.4, 0.5) is 17.2 Å². The Kier molecular flexibility index (Phi) is 4.57. The van der Waals surface area contributed by atoms with E-state index in [0.29, 0.717) is 11.3 Å². The molecule has 0 aliphatic heterocycles. The second-order valence-corrected chi connectivity index (χ2v) is 6.96. The molecule has 2 aromatic rings. The maximum absolute atomic E-state index is 11.5. The minimum absolute atomic E-state index is 0.106. The highest BCUT2D eigenvalue weighted by atomic mass is 35.5. The van der Waals surface area contributed by atoms with Crippen molar-refractivity contribution in [3.63, 3.8) is 0 Å². The Balaban J connectivity index is 2.44. The summed E-state index contributed by atoms with van der Waals surface area (Å²) in [5, 5.41) is 13.6. The van der Waals surface area contributed by atoms with Crippen LogP contribution in [0.25, 0.3) is 0 Å². The zero-order valence-corrected chi connectivity index (χ0v) is 12.9. The van der Waals surface area contributed by atoms with E-state index in [2.05, 4.69) is 15.3 Å². The quantitative estimate of drug-likeness (QED) is 0.503. The van der Waals surface area contributed by atoms with Gasteiger partial charge in [-0.15, -0.1) is 0 Å². The molecule has 0 amide bonds.